The Labute approximate surface area is 201 Å². The van der Waals surface area contributed by atoms with Crippen molar-refractivity contribution in [1.82, 2.24) is 4.90 Å². The highest BCUT2D eigenvalue weighted by atomic mass is 16.3. The molecule has 2 aromatic rings. The number of rotatable bonds is 5. The van der Waals surface area contributed by atoms with Crippen molar-refractivity contribution in [3.05, 3.63) is 46.2 Å². The molecule has 0 aliphatic heterocycles. The number of aliphatic hydroxyl groups is 2. The minimum absolute atomic E-state index is 0.0240. The summed E-state index contributed by atoms with van der Waals surface area (Å²) in [5.41, 5.74) is 3.04. The lowest BCUT2D eigenvalue weighted by atomic mass is 9.61. The number of Topliss-reactive ketones (excluding diaryl/α,β-unsaturated/α-hetero) is 2. The molecule has 3 aliphatic rings. The molecule has 3 unspecified atom stereocenters. The summed E-state index contributed by atoms with van der Waals surface area (Å²) in [4.78, 5) is 41.1. The van der Waals surface area contributed by atoms with Crippen molar-refractivity contribution in [2.24, 2.45) is 11.7 Å². The molecule has 184 valence electrons. The van der Waals surface area contributed by atoms with E-state index >= 15 is 0 Å². The van der Waals surface area contributed by atoms with Crippen LogP contribution in [-0.4, -0.2) is 67.5 Å². The van der Waals surface area contributed by atoms with Gasteiger partial charge in [0.15, 0.2) is 11.4 Å². The molecule has 0 aromatic heterocycles. The molecule has 1 fully saturated rings. The van der Waals surface area contributed by atoms with Crippen LogP contribution >= 0.6 is 0 Å². The lowest BCUT2D eigenvalue weighted by Crippen LogP contribution is -2.65. The molecule has 35 heavy (non-hydrogen) atoms. The van der Waals surface area contributed by atoms with Gasteiger partial charge in [0.25, 0.3) is 5.91 Å². The maximum absolute atomic E-state index is 13.8. The van der Waals surface area contributed by atoms with Crippen molar-refractivity contribution in [3.63, 3.8) is 0 Å². The standard InChI is InChI=1S/C26H28N2O7/c1-3-28(4-2)20-15-10-12-9-14-13(11-5-6-11)7-8-16(29)18(14)21(30)17(12)23(32)26(15,35)24(33)19(22(20)31)25(27)34/h7-9,11,15,20,29-30,33,35H,3-6,10H2,1-2H3,(H2,27,34). The summed E-state index contributed by atoms with van der Waals surface area (Å²) in [5.74, 6) is -5.67. The fraction of sp³-hybridized carbons (Fsp3) is 0.423. The first-order chi connectivity index (χ1) is 16.6. The molecule has 0 radical (unpaired) electrons. The van der Waals surface area contributed by atoms with E-state index in [0.717, 1.165) is 18.4 Å². The first kappa shape index (κ1) is 23.3. The number of phenolic OH excluding ortho intramolecular Hbond substituents is 2. The predicted molar refractivity (Wildman–Crippen MR) is 126 cm³/mol. The molecule has 3 aliphatic carbocycles. The zero-order valence-corrected chi connectivity index (χ0v) is 19.5. The number of fused-ring (bicyclic) bond motifs is 3. The molecule has 0 bridgehead atoms. The van der Waals surface area contributed by atoms with Crippen LogP contribution in [0.2, 0.25) is 0 Å². The van der Waals surface area contributed by atoms with Gasteiger partial charge in [-0.3, -0.25) is 19.3 Å². The second-order valence-corrected chi connectivity index (χ2v) is 9.65. The highest BCUT2D eigenvalue weighted by Gasteiger charge is 2.62. The Bertz CT molecular complexity index is 1340. The van der Waals surface area contributed by atoms with Crippen LogP contribution < -0.4 is 5.73 Å². The number of benzene rings is 2. The summed E-state index contributed by atoms with van der Waals surface area (Å²) in [5, 5.41) is 45.1. The number of likely N-dealkylation sites (N-methyl/N-ethyl adjacent to an activating group) is 1. The van der Waals surface area contributed by atoms with E-state index in [-0.39, 0.29) is 29.0 Å². The third-order valence-corrected chi connectivity index (χ3v) is 7.88. The Morgan fingerprint density at radius 2 is 1.80 bits per heavy atom. The van der Waals surface area contributed by atoms with Gasteiger partial charge in [0, 0.05) is 5.92 Å². The SMILES string of the molecule is CCN(CC)C1C(=O)C(C(N)=O)=C(O)C2(O)C(=O)c3c(cc4c(C5CC5)ccc(O)c4c3O)CC12. The average molecular weight is 481 g/mol. The molecule has 9 nitrogen and oxygen atoms in total. The normalized spacial score (nSPS) is 26.3. The van der Waals surface area contributed by atoms with Gasteiger partial charge in [0.05, 0.1) is 17.0 Å². The summed E-state index contributed by atoms with van der Waals surface area (Å²) >= 11 is 0. The zero-order chi connectivity index (χ0) is 25.4. The van der Waals surface area contributed by atoms with Crippen molar-refractivity contribution < 1.29 is 34.8 Å². The van der Waals surface area contributed by atoms with Gasteiger partial charge < -0.3 is 26.2 Å². The molecule has 0 spiro atoms. The first-order valence-corrected chi connectivity index (χ1v) is 11.9. The third kappa shape index (κ3) is 3.04. The van der Waals surface area contributed by atoms with Crippen molar-refractivity contribution in [2.45, 2.75) is 50.7 Å². The molecular formula is C26H28N2O7. The second kappa shape index (κ2) is 7.79. The number of ketones is 2. The van der Waals surface area contributed by atoms with Gasteiger partial charge in [-0.05, 0) is 66.9 Å². The summed E-state index contributed by atoms with van der Waals surface area (Å²) in [6.07, 6.45) is 1.93. The number of carbonyl (C=O) groups is 3. The van der Waals surface area contributed by atoms with E-state index in [1.807, 2.05) is 0 Å². The highest BCUT2D eigenvalue weighted by Crippen LogP contribution is 2.52. The number of primary amides is 1. The van der Waals surface area contributed by atoms with E-state index < -0.39 is 52.1 Å². The fourth-order valence-electron chi connectivity index (χ4n) is 6.00. The summed E-state index contributed by atoms with van der Waals surface area (Å²) in [6, 6.07) is 3.91. The molecule has 1 amide bonds. The number of carbonyl (C=O) groups excluding carboxylic acids is 3. The molecule has 9 heteroatoms. The Morgan fingerprint density at radius 1 is 1.14 bits per heavy atom. The Hall–Kier alpha value is -3.43. The molecule has 6 N–H and O–H groups in total. The van der Waals surface area contributed by atoms with E-state index in [1.165, 1.54) is 6.07 Å². The number of aliphatic hydroxyl groups excluding tert-OH is 1. The molecule has 2 aromatic carbocycles. The number of hydrogen-bond donors (Lipinski definition) is 5. The number of hydrogen-bond acceptors (Lipinski definition) is 8. The summed E-state index contributed by atoms with van der Waals surface area (Å²) in [6.45, 7) is 4.38. The number of phenols is 2. The molecule has 0 saturated heterocycles. The van der Waals surface area contributed by atoms with Crippen molar-refractivity contribution in [1.29, 1.82) is 0 Å². The number of nitrogens with zero attached hydrogens (tertiary/aromatic N) is 1. The van der Waals surface area contributed by atoms with Gasteiger partial charge >= 0.3 is 0 Å². The molecule has 5 rings (SSSR count). The van der Waals surface area contributed by atoms with Crippen LogP contribution in [0.3, 0.4) is 0 Å². The van der Waals surface area contributed by atoms with Crippen LogP contribution in [0.25, 0.3) is 10.8 Å². The topological polar surface area (TPSA) is 161 Å². The quantitative estimate of drug-likeness (QED) is 0.405. The van der Waals surface area contributed by atoms with E-state index in [1.54, 1.807) is 30.9 Å². The number of amides is 1. The monoisotopic (exact) mass is 480 g/mol. The van der Waals surface area contributed by atoms with Crippen molar-refractivity contribution >= 4 is 28.2 Å². The molecule has 1 saturated carbocycles. The predicted octanol–water partition coefficient (Wildman–Crippen LogP) is 1.80. The highest BCUT2D eigenvalue weighted by molar-refractivity contribution is 6.25. The first-order valence-electron chi connectivity index (χ1n) is 11.9. The number of aromatic hydroxyl groups is 2. The van der Waals surface area contributed by atoms with Gasteiger partial charge in [0.1, 0.15) is 22.8 Å². The largest absolute Gasteiger partial charge is 0.508 e. The van der Waals surface area contributed by atoms with Gasteiger partial charge in [-0.2, -0.15) is 0 Å². The minimum atomic E-state index is -2.65. The van der Waals surface area contributed by atoms with Gasteiger partial charge in [-0.1, -0.05) is 19.9 Å². The maximum atomic E-state index is 13.8. The van der Waals surface area contributed by atoms with E-state index in [9.17, 15) is 34.8 Å². The van der Waals surface area contributed by atoms with E-state index in [2.05, 4.69) is 0 Å². The smallest absolute Gasteiger partial charge is 0.255 e. The Kier molecular flexibility index (Phi) is 5.19. The van der Waals surface area contributed by atoms with Crippen LogP contribution in [0.5, 0.6) is 11.5 Å². The third-order valence-electron chi connectivity index (χ3n) is 7.88. The van der Waals surface area contributed by atoms with Gasteiger partial charge in [-0.25, -0.2) is 0 Å². The minimum Gasteiger partial charge on any atom is -0.508 e. The molecular weight excluding hydrogens is 452 g/mol. The van der Waals surface area contributed by atoms with Crippen LogP contribution in [0, 0.1) is 5.92 Å². The van der Waals surface area contributed by atoms with E-state index in [4.69, 9.17) is 5.73 Å². The van der Waals surface area contributed by atoms with Crippen LogP contribution in [0.15, 0.2) is 29.5 Å². The summed E-state index contributed by atoms with van der Waals surface area (Å²) in [7, 11) is 0. The van der Waals surface area contributed by atoms with Gasteiger partial charge in [0.2, 0.25) is 5.78 Å². The van der Waals surface area contributed by atoms with E-state index in [0.29, 0.717) is 24.0 Å². The maximum Gasteiger partial charge on any atom is 0.255 e. The van der Waals surface area contributed by atoms with Crippen molar-refractivity contribution in [2.75, 3.05) is 13.1 Å². The van der Waals surface area contributed by atoms with Crippen LogP contribution in [0.4, 0.5) is 0 Å². The lowest BCUT2D eigenvalue weighted by Gasteiger charge is -2.48. The second-order valence-electron chi connectivity index (χ2n) is 9.65. The Balaban J connectivity index is 1.81. The van der Waals surface area contributed by atoms with Crippen LogP contribution in [0.1, 0.15) is 54.1 Å². The Morgan fingerprint density at radius 3 is 2.37 bits per heavy atom. The van der Waals surface area contributed by atoms with Crippen molar-refractivity contribution in [3.8, 4) is 11.5 Å². The van der Waals surface area contributed by atoms with Crippen LogP contribution in [-0.2, 0) is 16.0 Å². The lowest BCUT2D eigenvalue weighted by molar-refractivity contribution is -0.133. The summed E-state index contributed by atoms with van der Waals surface area (Å²) < 4.78 is 0. The van der Waals surface area contributed by atoms with Gasteiger partial charge in [-0.15, -0.1) is 0 Å². The average Bonchev–Trinajstić information content (AvgIpc) is 3.64. The molecule has 0 heterocycles. The molecule has 3 atom stereocenters. The number of nitrogens with two attached hydrogens (primary N) is 1. The fourth-order valence-corrected chi connectivity index (χ4v) is 6.00. The zero-order valence-electron chi connectivity index (χ0n) is 19.5.